The van der Waals surface area contributed by atoms with E-state index in [9.17, 15) is 0 Å². The van der Waals surface area contributed by atoms with Crippen molar-refractivity contribution in [2.45, 2.75) is 51.1 Å². The number of nitrogens with zero attached hydrogens (tertiary/aromatic N) is 4. The molecule has 0 spiro atoms. The first kappa shape index (κ1) is 26.2. The van der Waals surface area contributed by atoms with E-state index < -0.39 is 0 Å². The van der Waals surface area contributed by atoms with Gasteiger partial charge in [0.1, 0.15) is 0 Å². The van der Waals surface area contributed by atoms with E-state index >= 15 is 0 Å². The molecular formula is C24H43IN6. The number of rotatable bonds is 4. The molecule has 0 bridgehead atoms. The Kier molecular flexibility index (Phi) is 9.89. The van der Waals surface area contributed by atoms with Crippen LogP contribution in [0.5, 0.6) is 0 Å². The van der Waals surface area contributed by atoms with Gasteiger partial charge in [-0.25, -0.2) is 0 Å². The number of anilines is 1. The molecule has 0 saturated carbocycles. The van der Waals surface area contributed by atoms with Crippen LogP contribution in [0.2, 0.25) is 0 Å². The van der Waals surface area contributed by atoms with Gasteiger partial charge in [0.25, 0.3) is 0 Å². The summed E-state index contributed by atoms with van der Waals surface area (Å²) in [6.45, 7) is 13.3. The Bertz CT molecular complexity index is 691. The lowest BCUT2D eigenvalue weighted by Gasteiger charge is -2.38. The number of aliphatic imine (C=N–C) groups is 1. The smallest absolute Gasteiger partial charge is 0.191 e. The highest BCUT2D eigenvalue weighted by Crippen LogP contribution is 2.26. The lowest BCUT2D eigenvalue weighted by molar-refractivity contribution is 0.116. The molecule has 2 heterocycles. The maximum atomic E-state index is 4.47. The fourth-order valence-electron chi connectivity index (χ4n) is 4.38. The molecular weight excluding hydrogens is 499 g/mol. The molecule has 176 valence electrons. The number of likely N-dealkylation sites (N-methyl/N-ethyl adjacent to an activating group) is 2. The van der Waals surface area contributed by atoms with Crippen molar-refractivity contribution in [2.75, 3.05) is 65.3 Å². The van der Waals surface area contributed by atoms with Gasteiger partial charge in [-0.15, -0.1) is 24.0 Å². The second kappa shape index (κ2) is 11.7. The summed E-state index contributed by atoms with van der Waals surface area (Å²) in [4.78, 5) is 11.8. The Hall–Kier alpha value is -1.06. The Labute approximate surface area is 206 Å². The van der Waals surface area contributed by atoms with Crippen molar-refractivity contribution in [1.29, 1.82) is 0 Å². The van der Waals surface area contributed by atoms with Gasteiger partial charge in [0.15, 0.2) is 5.96 Å². The zero-order valence-corrected chi connectivity index (χ0v) is 22.6. The van der Waals surface area contributed by atoms with Crippen LogP contribution in [-0.4, -0.2) is 88.3 Å². The normalized spacial score (nSPS) is 22.2. The number of guanidine groups is 1. The van der Waals surface area contributed by atoms with Crippen molar-refractivity contribution in [2.24, 2.45) is 4.99 Å². The van der Waals surface area contributed by atoms with Gasteiger partial charge in [-0.1, -0.05) is 32.9 Å². The van der Waals surface area contributed by atoms with Gasteiger partial charge in [0.2, 0.25) is 0 Å². The summed E-state index contributed by atoms with van der Waals surface area (Å²) in [5.41, 5.74) is 2.95. The minimum absolute atomic E-state index is 0. The minimum Gasteiger partial charge on any atom is -0.371 e. The van der Waals surface area contributed by atoms with E-state index in [-0.39, 0.29) is 29.4 Å². The van der Waals surface area contributed by atoms with Gasteiger partial charge < -0.3 is 20.4 Å². The fraction of sp³-hybridized carbons (Fsp3) is 0.708. The number of hydrogen-bond donors (Lipinski definition) is 2. The van der Waals surface area contributed by atoms with Crippen molar-refractivity contribution in [1.82, 2.24) is 20.4 Å². The molecule has 31 heavy (non-hydrogen) atoms. The third-order valence-electron chi connectivity index (χ3n) is 6.64. The molecule has 2 fully saturated rings. The van der Waals surface area contributed by atoms with Gasteiger partial charge in [0, 0.05) is 64.1 Å². The summed E-state index contributed by atoms with van der Waals surface area (Å²) in [5, 5.41) is 7.21. The van der Waals surface area contributed by atoms with Crippen LogP contribution in [0.25, 0.3) is 0 Å². The Morgan fingerprint density at radius 1 is 1.03 bits per heavy atom. The van der Waals surface area contributed by atoms with Crippen molar-refractivity contribution >= 4 is 35.6 Å². The van der Waals surface area contributed by atoms with Crippen LogP contribution in [0, 0.1) is 0 Å². The summed E-state index contributed by atoms with van der Waals surface area (Å²) in [6, 6.07) is 10.1. The number of nitrogens with one attached hydrogen (secondary N) is 2. The van der Waals surface area contributed by atoms with Gasteiger partial charge in [-0.05, 0) is 50.0 Å². The Balaban J connectivity index is 0.00000341. The first-order valence-electron chi connectivity index (χ1n) is 11.5. The molecule has 1 aromatic rings. The van der Waals surface area contributed by atoms with E-state index in [0.29, 0.717) is 12.1 Å². The summed E-state index contributed by atoms with van der Waals surface area (Å²) in [6.07, 6.45) is 2.27. The van der Waals surface area contributed by atoms with Crippen LogP contribution in [0.1, 0.15) is 39.2 Å². The fourth-order valence-corrected chi connectivity index (χ4v) is 4.38. The first-order chi connectivity index (χ1) is 14.3. The molecule has 0 radical (unpaired) electrons. The van der Waals surface area contributed by atoms with Crippen LogP contribution in [0.3, 0.4) is 0 Å². The molecule has 2 aliphatic heterocycles. The third kappa shape index (κ3) is 7.49. The van der Waals surface area contributed by atoms with Crippen LogP contribution < -0.4 is 15.5 Å². The topological polar surface area (TPSA) is 46.1 Å². The van der Waals surface area contributed by atoms with E-state index in [2.05, 4.69) is 89.5 Å². The molecule has 3 rings (SSSR count). The molecule has 1 aromatic carbocycles. The van der Waals surface area contributed by atoms with Gasteiger partial charge in [-0.2, -0.15) is 0 Å². The van der Waals surface area contributed by atoms with Crippen LogP contribution in [0.15, 0.2) is 29.3 Å². The van der Waals surface area contributed by atoms with E-state index in [1.165, 1.54) is 11.3 Å². The number of piperidine rings is 1. The molecule has 0 amide bonds. The molecule has 1 atom stereocenters. The standard InChI is InChI=1S/C24H42N6.HI/c1-24(2,3)19-7-9-21(10-8-19)30-13-11-20(12-14-30)27-23(25-4)26-17-22-18-28(5)15-16-29(22)6;/h7-10,20,22H,11-18H2,1-6H3,(H2,25,26,27);1H. The summed E-state index contributed by atoms with van der Waals surface area (Å²) in [5.74, 6) is 0.935. The van der Waals surface area contributed by atoms with E-state index in [4.69, 9.17) is 0 Å². The number of piperazine rings is 1. The SMILES string of the molecule is CN=C(NCC1CN(C)CCN1C)NC1CCN(c2ccc(C(C)(C)C)cc2)CC1.I. The molecule has 2 saturated heterocycles. The van der Waals surface area contributed by atoms with Crippen molar-refractivity contribution in [3.63, 3.8) is 0 Å². The summed E-state index contributed by atoms with van der Waals surface area (Å²) in [7, 11) is 6.30. The van der Waals surface area contributed by atoms with Crippen LogP contribution in [-0.2, 0) is 5.41 Å². The predicted molar refractivity (Wildman–Crippen MR) is 144 cm³/mol. The molecule has 0 aliphatic carbocycles. The number of halogens is 1. The number of hydrogen-bond acceptors (Lipinski definition) is 4. The highest BCUT2D eigenvalue weighted by Gasteiger charge is 2.24. The van der Waals surface area contributed by atoms with E-state index in [1.54, 1.807) is 0 Å². The molecule has 6 nitrogen and oxygen atoms in total. The van der Waals surface area contributed by atoms with Gasteiger partial charge in [-0.3, -0.25) is 9.89 Å². The third-order valence-corrected chi connectivity index (χ3v) is 6.64. The van der Waals surface area contributed by atoms with Crippen molar-refractivity contribution in [3.8, 4) is 0 Å². The van der Waals surface area contributed by atoms with E-state index in [0.717, 1.165) is 58.1 Å². The Morgan fingerprint density at radius 2 is 1.68 bits per heavy atom. The largest absolute Gasteiger partial charge is 0.371 e. The molecule has 2 N–H and O–H groups in total. The zero-order chi connectivity index (χ0) is 21.7. The molecule has 0 aromatic heterocycles. The van der Waals surface area contributed by atoms with Gasteiger partial charge >= 0.3 is 0 Å². The maximum Gasteiger partial charge on any atom is 0.191 e. The second-order valence-electron chi connectivity index (χ2n) is 10.1. The monoisotopic (exact) mass is 542 g/mol. The van der Waals surface area contributed by atoms with Crippen molar-refractivity contribution < 1.29 is 0 Å². The molecule has 1 unspecified atom stereocenters. The van der Waals surface area contributed by atoms with E-state index in [1.807, 2.05) is 7.05 Å². The summed E-state index contributed by atoms with van der Waals surface area (Å²) >= 11 is 0. The Morgan fingerprint density at radius 3 is 2.26 bits per heavy atom. The van der Waals surface area contributed by atoms with Crippen LogP contribution >= 0.6 is 24.0 Å². The average Bonchev–Trinajstić information content (AvgIpc) is 2.73. The van der Waals surface area contributed by atoms with Crippen molar-refractivity contribution in [3.05, 3.63) is 29.8 Å². The lowest BCUT2D eigenvalue weighted by Crippen LogP contribution is -2.56. The second-order valence-corrected chi connectivity index (χ2v) is 10.1. The quantitative estimate of drug-likeness (QED) is 0.348. The minimum atomic E-state index is 0. The first-order valence-corrected chi connectivity index (χ1v) is 11.5. The van der Waals surface area contributed by atoms with Crippen LogP contribution in [0.4, 0.5) is 5.69 Å². The molecule has 7 heteroatoms. The predicted octanol–water partition coefficient (Wildman–Crippen LogP) is 2.98. The zero-order valence-electron chi connectivity index (χ0n) is 20.3. The maximum absolute atomic E-state index is 4.47. The lowest BCUT2D eigenvalue weighted by atomic mass is 9.87. The average molecular weight is 543 g/mol. The molecule has 2 aliphatic rings. The highest BCUT2D eigenvalue weighted by molar-refractivity contribution is 14.0. The number of benzene rings is 1. The highest BCUT2D eigenvalue weighted by atomic mass is 127. The van der Waals surface area contributed by atoms with Gasteiger partial charge in [0.05, 0.1) is 0 Å². The summed E-state index contributed by atoms with van der Waals surface area (Å²) < 4.78 is 0.